The van der Waals surface area contributed by atoms with E-state index in [0.29, 0.717) is 54.6 Å². The standard InChI is InChI=1S/C34H44N6O9S/c1-4-23-29(36-26-16-21(48-3)12-13-24(26)35-23)49-22-17-27-28(41)38-34(31(43)39-50(46,47)33(2)14-15-33)18-20(34)10-8-6-5-7-9-11-25(37-32(44)45)30(42)40(27)19-22/h8,10,12-13,16,20,22,25,27,37H,4-7,9,11,14-15,17-19H2,1-3H3,(H,38,41)(H,39,43)(H,44,45)/b10-8-/t20-,22-,25+,27+,34-/m1/s1. The number of aromatic nitrogens is 2. The van der Waals surface area contributed by atoms with Gasteiger partial charge in [0.15, 0.2) is 0 Å². The molecule has 1 aromatic heterocycles. The Morgan fingerprint density at radius 1 is 1.14 bits per heavy atom. The number of hydrogen-bond donors (Lipinski definition) is 4. The number of benzene rings is 1. The van der Waals surface area contributed by atoms with Crippen LogP contribution in [-0.2, 0) is 30.8 Å². The Balaban J connectivity index is 1.31. The molecule has 1 aromatic carbocycles. The summed E-state index contributed by atoms with van der Waals surface area (Å²) in [6.07, 6.45) is 6.14. The van der Waals surface area contributed by atoms with E-state index >= 15 is 0 Å². The molecule has 0 radical (unpaired) electrons. The minimum Gasteiger partial charge on any atom is -0.497 e. The van der Waals surface area contributed by atoms with Crippen molar-refractivity contribution >= 4 is 44.9 Å². The van der Waals surface area contributed by atoms with Gasteiger partial charge >= 0.3 is 6.09 Å². The Hall–Kier alpha value is -4.47. The first-order valence-electron chi connectivity index (χ1n) is 17.2. The van der Waals surface area contributed by atoms with E-state index in [1.165, 1.54) is 4.90 Å². The van der Waals surface area contributed by atoms with Crippen molar-refractivity contribution in [1.82, 2.24) is 30.2 Å². The number of hydrogen-bond acceptors (Lipinski definition) is 10. The largest absolute Gasteiger partial charge is 0.497 e. The molecule has 16 heteroatoms. The molecule has 4 amide bonds. The number of methoxy groups -OCH3 is 1. The van der Waals surface area contributed by atoms with Gasteiger partial charge < -0.3 is 30.1 Å². The lowest BCUT2D eigenvalue weighted by atomic mass is 10.1. The lowest BCUT2D eigenvalue weighted by Crippen LogP contribution is -2.58. The lowest BCUT2D eigenvalue weighted by molar-refractivity contribution is -0.141. The molecule has 4 N–H and O–H groups in total. The maximum atomic E-state index is 14.2. The predicted molar refractivity (Wildman–Crippen MR) is 181 cm³/mol. The molecule has 0 unspecified atom stereocenters. The summed E-state index contributed by atoms with van der Waals surface area (Å²) < 4.78 is 39.0. The minimum absolute atomic E-state index is 0.00687. The number of rotatable bonds is 8. The fraction of sp³-hybridized carbons (Fsp3) is 0.588. The predicted octanol–water partition coefficient (Wildman–Crippen LogP) is 2.58. The fourth-order valence-corrected chi connectivity index (χ4v) is 8.07. The van der Waals surface area contributed by atoms with Crippen LogP contribution in [0.3, 0.4) is 0 Å². The summed E-state index contributed by atoms with van der Waals surface area (Å²) in [5.74, 6) is -1.71. The molecular weight excluding hydrogens is 668 g/mol. The first-order valence-corrected chi connectivity index (χ1v) is 18.6. The highest BCUT2D eigenvalue weighted by molar-refractivity contribution is 7.91. The van der Waals surface area contributed by atoms with Gasteiger partial charge in [-0.2, -0.15) is 0 Å². The molecule has 0 spiro atoms. The summed E-state index contributed by atoms with van der Waals surface area (Å²) in [6.45, 7) is 3.41. The van der Waals surface area contributed by atoms with Gasteiger partial charge in [0.2, 0.25) is 27.7 Å². The topological polar surface area (TPSA) is 206 Å². The van der Waals surface area contributed by atoms with Gasteiger partial charge in [-0.1, -0.05) is 31.9 Å². The molecule has 50 heavy (non-hydrogen) atoms. The first kappa shape index (κ1) is 35.4. The van der Waals surface area contributed by atoms with Crippen molar-refractivity contribution in [3.63, 3.8) is 0 Å². The summed E-state index contributed by atoms with van der Waals surface area (Å²) in [7, 11) is -2.45. The van der Waals surface area contributed by atoms with E-state index in [0.717, 1.165) is 12.8 Å². The number of ether oxygens (including phenoxy) is 2. The highest BCUT2D eigenvalue weighted by Crippen LogP contribution is 2.47. The van der Waals surface area contributed by atoms with Crippen LogP contribution in [0.5, 0.6) is 11.6 Å². The Bertz CT molecular complexity index is 1830. The number of allylic oxidation sites excluding steroid dienone is 1. The average molecular weight is 713 g/mol. The number of carbonyl (C=O) groups excluding carboxylic acids is 3. The number of carboxylic acid groups (broad SMARTS) is 1. The summed E-state index contributed by atoms with van der Waals surface area (Å²) in [5, 5.41) is 14.7. The molecule has 0 bridgehead atoms. The van der Waals surface area contributed by atoms with Gasteiger partial charge in [-0.15, -0.1) is 0 Å². The highest BCUT2D eigenvalue weighted by Gasteiger charge is 2.63. The second-order valence-corrected chi connectivity index (χ2v) is 16.1. The van der Waals surface area contributed by atoms with Crippen molar-refractivity contribution < 1.29 is 42.2 Å². The molecule has 2 aromatic rings. The third kappa shape index (κ3) is 7.07. The maximum absolute atomic E-state index is 14.2. The highest BCUT2D eigenvalue weighted by atomic mass is 32.2. The van der Waals surface area contributed by atoms with Crippen molar-refractivity contribution in [2.75, 3.05) is 13.7 Å². The first-order chi connectivity index (χ1) is 23.8. The Morgan fingerprint density at radius 2 is 1.92 bits per heavy atom. The Morgan fingerprint density at radius 3 is 2.62 bits per heavy atom. The quantitative estimate of drug-likeness (QED) is 0.293. The summed E-state index contributed by atoms with van der Waals surface area (Å²) in [4.78, 5) is 64.4. The van der Waals surface area contributed by atoms with Crippen molar-refractivity contribution in [2.45, 2.75) is 107 Å². The van der Waals surface area contributed by atoms with E-state index in [1.54, 1.807) is 32.2 Å². The third-order valence-corrected chi connectivity index (χ3v) is 12.5. The van der Waals surface area contributed by atoms with Crippen LogP contribution in [-0.4, -0.2) is 94.3 Å². The minimum atomic E-state index is -3.99. The SMILES string of the molecule is CCc1nc2ccc(OC)cc2nc1O[C@@H]1C[C@H]2C(=O)N[C@]3(C(=O)NS(=O)(=O)C4(C)CC4)C[C@H]3/C=C\CCCCC[C@H](NC(=O)O)C(=O)N2C1. The number of sulfonamides is 1. The molecule has 6 rings (SSSR count). The van der Waals surface area contributed by atoms with Crippen LogP contribution in [0.4, 0.5) is 4.79 Å². The molecular formula is C34H44N6O9S. The number of amides is 4. The van der Waals surface area contributed by atoms with E-state index in [9.17, 15) is 32.7 Å². The summed E-state index contributed by atoms with van der Waals surface area (Å²) >= 11 is 0. The molecule has 4 aliphatic rings. The van der Waals surface area contributed by atoms with Gasteiger partial charge in [0.1, 0.15) is 35.2 Å². The van der Waals surface area contributed by atoms with Crippen LogP contribution in [0.25, 0.3) is 11.0 Å². The smallest absolute Gasteiger partial charge is 0.405 e. The molecule has 1 saturated heterocycles. The zero-order valence-electron chi connectivity index (χ0n) is 28.4. The van der Waals surface area contributed by atoms with Gasteiger partial charge in [-0.05, 0) is 64.0 Å². The summed E-state index contributed by atoms with van der Waals surface area (Å²) in [6, 6.07) is 3.03. The molecule has 3 heterocycles. The number of carbonyl (C=O) groups is 4. The Kier molecular flexibility index (Phi) is 9.68. The zero-order chi connectivity index (χ0) is 35.8. The molecule has 2 saturated carbocycles. The molecule has 3 fully saturated rings. The second-order valence-electron chi connectivity index (χ2n) is 13.9. The number of fused-ring (bicyclic) bond motifs is 3. The monoisotopic (exact) mass is 712 g/mol. The van der Waals surface area contributed by atoms with E-state index in [4.69, 9.17) is 14.5 Å². The van der Waals surface area contributed by atoms with E-state index in [2.05, 4.69) is 20.3 Å². The summed E-state index contributed by atoms with van der Waals surface area (Å²) in [5.41, 5.74) is 0.207. The number of nitrogens with one attached hydrogen (secondary N) is 3. The third-order valence-electron chi connectivity index (χ3n) is 10.3. The van der Waals surface area contributed by atoms with Crippen LogP contribution in [0, 0.1) is 5.92 Å². The van der Waals surface area contributed by atoms with Gasteiger partial charge in [-0.3, -0.25) is 19.1 Å². The molecule has 15 nitrogen and oxygen atoms in total. The van der Waals surface area contributed by atoms with Crippen LogP contribution in [0.2, 0.25) is 0 Å². The molecule has 5 atom stereocenters. The van der Waals surface area contributed by atoms with Crippen molar-refractivity contribution in [2.24, 2.45) is 5.92 Å². The zero-order valence-corrected chi connectivity index (χ0v) is 29.3. The van der Waals surface area contributed by atoms with Gasteiger partial charge in [0.25, 0.3) is 5.91 Å². The lowest BCUT2D eigenvalue weighted by Gasteiger charge is -2.29. The Labute approximate surface area is 290 Å². The van der Waals surface area contributed by atoms with Crippen molar-refractivity contribution in [1.29, 1.82) is 0 Å². The van der Waals surface area contributed by atoms with E-state index in [1.807, 2.05) is 19.1 Å². The van der Waals surface area contributed by atoms with E-state index < -0.39 is 68.2 Å². The normalized spacial score (nSPS) is 28.6. The van der Waals surface area contributed by atoms with Gasteiger partial charge in [0.05, 0.1) is 29.4 Å². The van der Waals surface area contributed by atoms with E-state index in [-0.39, 0.29) is 31.7 Å². The van der Waals surface area contributed by atoms with Crippen LogP contribution in [0.15, 0.2) is 30.4 Å². The number of nitrogens with zero attached hydrogens (tertiary/aromatic N) is 3. The van der Waals surface area contributed by atoms with Crippen LogP contribution >= 0.6 is 0 Å². The molecule has 2 aliphatic heterocycles. The fourth-order valence-electron chi connectivity index (χ4n) is 6.76. The molecule has 270 valence electrons. The van der Waals surface area contributed by atoms with Crippen molar-refractivity contribution in [3.05, 3.63) is 36.0 Å². The van der Waals surface area contributed by atoms with Crippen LogP contribution in [0.1, 0.15) is 77.3 Å². The molecule has 2 aliphatic carbocycles. The maximum Gasteiger partial charge on any atom is 0.405 e. The van der Waals surface area contributed by atoms with Gasteiger partial charge in [0, 0.05) is 18.4 Å². The van der Waals surface area contributed by atoms with Crippen LogP contribution < -0.4 is 24.8 Å². The average Bonchev–Trinajstić information content (AvgIpc) is 3.96. The second kappa shape index (κ2) is 13.7. The van der Waals surface area contributed by atoms with Crippen molar-refractivity contribution in [3.8, 4) is 11.6 Å². The number of aryl methyl sites for hydroxylation is 1. The van der Waals surface area contributed by atoms with Gasteiger partial charge in [-0.25, -0.2) is 23.2 Å².